The first-order chi connectivity index (χ1) is 5.27. The Morgan fingerprint density at radius 2 is 1.91 bits per heavy atom. The molecule has 1 heteroatoms. The summed E-state index contributed by atoms with van der Waals surface area (Å²) in [7, 11) is 1.29. The molecule has 1 saturated carbocycles. The SMILES string of the molecule is C[C@@H]1CP[C@H]2C[C@@H]1CC[C@H]2C. The van der Waals surface area contributed by atoms with Gasteiger partial charge >= 0.3 is 0 Å². The Bertz CT molecular complexity index is 128. The van der Waals surface area contributed by atoms with Crippen LogP contribution in [0.2, 0.25) is 0 Å². The van der Waals surface area contributed by atoms with Gasteiger partial charge in [-0.25, -0.2) is 0 Å². The van der Waals surface area contributed by atoms with Gasteiger partial charge in [-0.1, -0.05) is 13.8 Å². The molecule has 2 bridgehead atoms. The smallest absolute Gasteiger partial charge is 0.0208 e. The molecule has 0 nitrogen and oxygen atoms in total. The van der Waals surface area contributed by atoms with E-state index in [0.717, 1.165) is 23.4 Å². The zero-order valence-electron chi connectivity index (χ0n) is 7.64. The largest absolute Gasteiger partial charge is 0.118 e. The van der Waals surface area contributed by atoms with Crippen LogP contribution >= 0.6 is 8.58 Å². The fraction of sp³-hybridized carbons (Fsp3) is 1.00. The molecule has 1 aliphatic heterocycles. The molecule has 0 aromatic rings. The summed E-state index contributed by atoms with van der Waals surface area (Å²) in [6.45, 7) is 4.92. The van der Waals surface area contributed by atoms with Gasteiger partial charge in [0.2, 0.25) is 0 Å². The van der Waals surface area contributed by atoms with Crippen molar-refractivity contribution < 1.29 is 0 Å². The van der Waals surface area contributed by atoms with Gasteiger partial charge in [0.25, 0.3) is 0 Å². The van der Waals surface area contributed by atoms with Crippen molar-refractivity contribution in [1.82, 2.24) is 0 Å². The van der Waals surface area contributed by atoms with Crippen molar-refractivity contribution in [1.29, 1.82) is 0 Å². The zero-order chi connectivity index (χ0) is 7.84. The Morgan fingerprint density at radius 1 is 1.09 bits per heavy atom. The van der Waals surface area contributed by atoms with E-state index in [2.05, 4.69) is 13.8 Å². The molecule has 0 spiro atoms. The van der Waals surface area contributed by atoms with E-state index in [0.29, 0.717) is 0 Å². The van der Waals surface area contributed by atoms with Gasteiger partial charge in [0.15, 0.2) is 0 Å². The van der Waals surface area contributed by atoms with E-state index in [9.17, 15) is 0 Å². The fourth-order valence-corrected chi connectivity index (χ4v) is 4.71. The Labute approximate surface area is 71.9 Å². The van der Waals surface area contributed by atoms with Gasteiger partial charge in [-0.2, -0.15) is 0 Å². The molecule has 64 valence electrons. The normalized spacial score (nSPS) is 52.9. The molecule has 11 heavy (non-hydrogen) atoms. The molecule has 2 fully saturated rings. The molecule has 0 amide bonds. The molecule has 0 aromatic heterocycles. The van der Waals surface area contributed by atoms with Crippen LogP contribution in [0.1, 0.15) is 33.1 Å². The predicted octanol–water partition coefficient (Wildman–Crippen LogP) is 3.12. The monoisotopic (exact) mass is 170 g/mol. The van der Waals surface area contributed by atoms with Crippen LogP contribution in [0.15, 0.2) is 0 Å². The van der Waals surface area contributed by atoms with Gasteiger partial charge in [0.05, 0.1) is 0 Å². The van der Waals surface area contributed by atoms with Crippen molar-refractivity contribution in [2.45, 2.75) is 38.8 Å². The lowest BCUT2D eigenvalue weighted by atomic mass is 9.77. The third kappa shape index (κ3) is 1.47. The third-order valence-corrected chi connectivity index (χ3v) is 5.95. The van der Waals surface area contributed by atoms with Gasteiger partial charge in [-0.15, -0.1) is 8.58 Å². The lowest BCUT2D eigenvalue weighted by Gasteiger charge is -2.42. The minimum Gasteiger partial charge on any atom is -0.118 e. The molecular weight excluding hydrogens is 151 g/mol. The molecule has 1 saturated heterocycles. The molecule has 2 aliphatic rings. The van der Waals surface area contributed by atoms with Crippen LogP contribution in [0.3, 0.4) is 0 Å². The Balaban J connectivity index is 2.02. The van der Waals surface area contributed by atoms with Gasteiger partial charge in [-0.3, -0.25) is 0 Å². The lowest BCUT2D eigenvalue weighted by Crippen LogP contribution is -2.33. The minimum atomic E-state index is 1.05. The van der Waals surface area contributed by atoms with Crippen LogP contribution in [0.5, 0.6) is 0 Å². The zero-order valence-corrected chi connectivity index (χ0v) is 8.64. The van der Waals surface area contributed by atoms with Crippen LogP contribution in [0.25, 0.3) is 0 Å². The van der Waals surface area contributed by atoms with E-state index in [4.69, 9.17) is 0 Å². The summed E-state index contributed by atoms with van der Waals surface area (Å²) < 4.78 is 0. The first-order valence-electron chi connectivity index (χ1n) is 5.00. The van der Waals surface area contributed by atoms with Crippen molar-refractivity contribution in [3.63, 3.8) is 0 Å². The van der Waals surface area contributed by atoms with Crippen LogP contribution < -0.4 is 0 Å². The van der Waals surface area contributed by atoms with E-state index in [1.165, 1.54) is 21.4 Å². The highest BCUT2D eigenvalue weighted by atomic mass is 31.1. The summed E-state index contributed by atoms with van der Waals surface area (Å²) >= 11 is 0. The Hall–Kier alpha value is 0.430. The molecule has 1 aliphatic carbocycles. The maximum absolute atomic E-state index is 2.46. The fourth-order valence-electron chi connectivity index (χ4n) is 2.66. The van der Waals surface area contributed by atoms with E-state index >= 15 is 0 Å². The average molecular weight is 170 g/mol. The van der Waals surface area contributed by atoms with Crippen molar-refractivity contribution in [3.05, 3.63) is 0 Å². The third-order valence-electron chi connectivity index (χ3n) is 3.74. The molecule has 1 unspecified atom stereocenters. The van der Waals surface area contributed by atoms with Crippen molar-refractivity contribution in [2.24, 2.45) is 17.8 Å². The molecule has 2 rings (SSSR count). The molecule has 0 aromatic carbocycles. The highest BCUT2D eigenvalue weighted by Gasteiger charge is 2.34. The molecule has 1 heterocycles. The summed E-state index contributed by atoms with van der Waals surface area (Å²) in [5.74, 6) is 3.21. The first-order valence-corrected chi connectivity index (χ1v) is 6.29. The second kappa shape index (κ2) is 3.05. The average Bonchev–Trinajstić information content (AvgIpc) is 2.02. The van der Waals surface area contributed by atoms with Gasteiger partial charge < -0.3 is 0 Å². The van der Waals surface area contributed by atoms with Crippen LogP contribution in [-0.4, -0.2) is 11.8 Å². The van der Waals surface area contributed by atoms with Gasteiger partial charge in [0.1, 0.15) is 0 Å². The molecule has 5 atom stereocenters. The van der Waals surface area contributed by atoms with E-state index in [1.807, 2.05) is 0 Å². The number of fused-ring (bicyclic) bond motifs is 2. The molecular formula is C10H19P. The first kappa shape index (κ1) is 8.05. The predicted molar refractivity (Wildman–Crippen MR) is 52.6 cm³/mol. The van der Waals surface area contributed by atoms with E-state index in [-0.39, 0.29) is 0 Å². The Morgan fingerprint density at radius 3 is 2.73 bits per heavy atom. The van der Waals surface area contributed by atoms with Gasteiger partial charge in [0, 0.05) is 0 Å². The number of hydrogen-bond acceptors (Lipinski definition) is 0. The summed E-state index contributed by atoms with van der Waals surface area (Å²) in [5.41, 5.74) is 1.13. The van der Waals surface area contributed by atoms with Crippen LogP contribution in [0.4, 0.5) is 0 Å². The minimum absolute atomic E-state index is 1.05. The number of hydrogen-bond donors (Lipinski definition) is 0. The lowest BCUT2D eigenvalue weighted by molar-refractivity contribution is 0.229. The molecule has 0 radical (unpaired) electrons. The van der Waals surface area contributed by atoms with Crippen molar-refractivity contribution >= 4 is 8.58 Å². The quantitative estimate of drug-likeness (QED) is 0.490. The molecule has 0 N–H and O–H groups in total. The second-order valence-corrected chi connectivity index (χ2v) is 6.10. The van der Waals surface area contributed by atoms with Crippen LogP contribution in [0, 0.1) is 17.8 Å². The standard InChI is InChI=1S/C10H19P/c1-7-3-4-9-5-10(7)11-6-8(9)2/h7-11H,3-6H2,1-2H3/t7-,8-,9+,10+/m1/s1. The number of rotatable bonds is 0. The second-order valence-electron chi connectivity index (χ2n) is 4.54. The van der Waals surface area contributed by atoms with Gasteiger partial charge in [-0.05, 0) is 48.8 Å². The maximum atomic E-state index is 2.46. The van der Waals surface area contributed by atoms with Crippen molar-refractivity contribution in [3.8, 4) is 0 Å². The van der Waals surface area contributed by atoms with E-state index < -0.39 is 0 Å². The summed E-state index contributed by atoms with van der Waals surface area (Å²) in [6, 6.07) is 0. The topological polar surface area (TPSA) is 0 Å². The Kier molecular flexibility index (Phi) is 2.23. The van der Waals surface area contributed by atoms with E-state index in [1.54, 1.807) is 12.6 Å². The van der Waals surface area contributed by atoms with Crippen LogP contribution in [-0.2, 0) is 0 Å². The highest BCUT2D eigenvalue weighted by molar-refractivity contribution is 7.39. The maximum Gasteiger partial charge on any atom is -0.0208 e. The summed E-state index contributed by atoms with van der Waals surface area (Å²) in [6.07, 6.45) is 6.16. The van der Waals surface area contributed by atoms with Crippen molar-refractivity contribution in [2.75, 3.05) is 6.16 Å². The summed E-state index contributed by atoms with van der Waals surface area (Å²) in [5, 5.41) is 0. The summed E-state index contributed by atoms with van der Waals surface area (Å²) in [4.78, 5) is 0. The highest BCUT2D eigenvalue weighted by Crippen LogP contribution is 2.48.